The number of nitrogens with zero attached hydrogens (tertiary/aromatic N) is 2. The van der Waals surface area contributed by atoms with E-state index in [1.54, 1.807) is 12.3 Å². The van der Waals surface area contributed by atoms with E-state index < -0.39 is 0 Å². The Bertz CT molecular complexity index is 581. The molecule has 4 nitrogen and oxygen atoms in total. The van der Waals surface area contributed by atoms with Crippen LogP contribution in [0.1, 0.15) is 23.0 Å². The quantitative estimate of drug-likeness (QED) is 0.917. The predicted octanol–water partition coefficient (Wildman–Crippen LogP) is 2.64. The summed E-state index contributed by atoms with van der Waals surface area (Å²) in [6, 6.07) is 14.0. The SMILES string of the molecule is Cc1ccc(C(=O)NC[C@H](C)N(C)c2ccccc2)cn1. The lowest BCUT2D eigenvalue weighted by atomic mass is 10.2. The number of pyridine rings is 1. The van der Waals surface area contributed by atoms with E-state index in [2.05, 4.69) is 34.3 Å². The molecule has 1 atom stereocenters. The number of likely N-dealkylation sites (N-methyl/N-ethyl adjacent to an activating group) is 1. The fourth-order valence-electron chi connectivity index (χ4n) is 2.00. The highest BCUT2D eigenvalue weighted by molar-refractivity contribution is 5.93. The number of para-hydroxylation sites is 1. The van der Waals surface area contributed by atoms with Crippen LogP contribution >= 0.6 is 0 Å². The molecule has 0 aliphatic heterocycles. The molecule has 1 aromatic heterocycles. The number of amides is 1. The Kier molecular flexibility index (Phi) is 4.93. The summed E-state index contributed by atoms with van der Waals surface area (Å²) < 4.78 is 0. The first-order valence-corrected chi connectivity index (χ1v) is 7.06. The van der Waals surface area contributed by atoms with Crippen LogP contribution < -0.4 is 10.2 Å². The molecule has 2 aromatic rings. The van der Waals surface area contributed by atoms with E-state index >= 15 is 0 Å². The normalized spacial score (nSPS) is 11.8. The molecule has 1 N–H and O–H groups in total. The zero-order chi connectivity index (χ0) is 15.2. The van der Waals surface area contributed by atoms with Crippen LogP contribution in [0.25, 0.3) is 0 Å². The van der Waals surface area contributed by atoms with Crippen LogP contribution in [-0.2, 0) is 0 Å². The van der Waals surface area contributed by atoms with Crippen LogP contribution in [0.2, 0.25) is 0 Å². The van der Waals surface area contributed by atoms with Crippen LogP contribution in [0.4, 0.5) is 5.69 Å². The second-order valence-corrected chi connectivity index (χ2v) is 5.19. The highest BCUT2D eigenvalue weighted by atomic mass is 16.1. The minimum Gasteiger partial charge on any atom is -0.370 e. The summed E-state index contributed by atoms with van der Waals surface area (Å²) in [6.45, 7) is 4.57. The standard InChI is InChI=1S/C17H21N3O/c1-13-9-10-15(12-18-13)17(21)19-11-14(2)20(3)16-7-5-4-6-8-16/h4-10,12,14H,11H2,1-3H3,(H,19,21)/t14-/m0/s1. The summed E-state index contributed by atoms with van der Waals surface area (Å²) in [5.41, 5.74) is 2.63. The maximum Gasteiger partial charge on any atom is 0.252 e. The van der Waals surface area contributed by atoms with E-state index in [1.807, 2.05) is 38.2 Å². The molecular formula is C17H21N3O. The van der Waals surface area contributed by atoms with Crippen molar-refractivity contribution in [2.75, 3.05) is 18.5 Å². The third kappa shape index (κ3) is 4.05. The van der Waals surface area contributed by atoms with Crippen molar-refractivity contribution in [2.24, 2.45) is 0 Å². The van der Waals surface area contributed by atoms with Crippen LogP contribution in [0.5, 0.6) is 0 Å². The van der Waals surface area contributed by atoms with Crippen LogP contribution in [0.3, 0.4) is 0 Å². The number of anilines is 1. The van der Waals surface area contributed by atoms with Gasteiger partial charge in [0.15, 0.2) is 0 Å². The van der Waals surface area contributed by atoms with Gasteiger partial charge in [-0.2, -0.15) is 0 Å². The van der Waals surface area contributed by atoms with Crippen molar-refractivity contribution >= 4 is 11.6 Å². The second-order valence-electron chi connectivity index (χ2n) is 5.19. The minimum atomic E-state index is -0.0872. The summed E-state index contributed by atoms with van der Waals surface area (Å²) in [5, 5.41) is 2.95. The maximum atomic E-state index is 12.0. The molecule has 0 unspecified atom stereocenters. The van der Waals surface area contributed by atoms with E-state index in [-0.39, 0.29) is 11.9 Å². The number of hydrogen-bond acceptors (Lipinski definition) is 3. The summed E-state index contributed by atoms with van der Waals surface area (Å²) in [7, 11) is 2.03. The van der Waals surface area contributed by atoms with Crippen molar-refractivity contribution in [3.05, 3.63) is 59.9 Å². The van der Waals surface area contributed by atoms with Crippen molar-refractivity contribution in [2.45, 2.75) is 19.9 Å². The number of hydrogen-bond donors (Lipinski definition) is 1. The van der Waals surface area contributed by atoms with Crippen molar-refractivity contribution < 1.29 is 4.79 Å². The number of aryl methyl sites for hydroxylation is 1. The van der Waals surface area contributed by atoms with Crippen LogP contribution in [0, 0.1) is 6.92 Å². The average molecular weight is 283 g/mol. The topological polar surface area (TPSA) is 45.2 Å². The van der Waals surface area contributed by atoms with E-state index in [0.717, 1.165) is 11.4 Å². The maximum absolute atomic E-state index is 12.0. The van der Waals surface area contributed by atoms with E-state index in [4.69, 9.17) is 0 Å². The molecule has 21 heavy (non-hydrogen) atoms. The van der Waals surface area contributed by atoms with Crippen molar-refractivity contribution in [1.29, 1.82) is 0 Å². The Balaban J connectivity index is 1.90. The summed E-state index contributed by atoms with van der Waals surface area (Å²) >= 11 is 0. The van der Waals surface area contributed by atoms with Gasteiger partial charge in [-0.05, 0) is 38.1 Å². The number of carbonyl (C=O) groups excluding carboxylic acids is 1. The molecule has 1 amide bonds. The zero-order valence-electron chi connectivity index (χ0n) is 12.7. The van der Waals surface area contributed by atoms with Gasteiger partial charge in [0.05, 0.1) is 5.56 Å². The van der Waals surface area contributed by atoms with Gasteiger partial charge in [0.2, 0.25) is 0 Å². The molecule has 1 aromatic carbocycles. The summed E-state index contributed by atoms with van der Waals surface area (Å²) in [5.74, 6) is -0.0872. The lowest BCUT2D eigenvalue weighted by Gasteiger charge is -2.27. The number of nitrogens with one attached hydrogen (secondary N) is 1. The van der Waals surface area contributed by atoms with Crippen LogP contribution in [-0.4, -0.2) is 30.5 Å². The lowest BCUT2D eigenvalue weighted by Crippen LogP contribution is -2.40. The first-order valence-electron chi connectivity index (χ1n) is 7.06. The fourth-order valence-corrected chi connectivity index (χ4v) is 2.00. The highest BCUT2D eigenvalue weighted by Gasteiger charge is 2.12. The van der Waals surface area contributed by atoms with E-state index in [9.17, 15) is 4.79 Å². The number of benzene rings is 1. The van der Waals surface area contributed by atoms with Gasteiger partial charge in [-0.25, -0.2) is 0 Å². The average Bonchev–Trinajstić information content (AvgIpc) is 2.53. The van der Waals surface area contributed by atoms with Gasteiger partial charge in [-0.15, -0.1) is 0 Å². The Labute approximate surface area is 125 Å². The second kappa shape index (κ2) is 6.88. The van der Waals surface area contributed by atoms with Crippen LogP contribution in [0.15, 0.2) is 48.7 Å². The van der Waals surface area contributed by atoms with Gasteiger partial charge in [0.25, 0.3) is 5.91 Å². The molecular weight excluding hydrogens is 262 g/mol. The zero-order valence-corrected chi connectivity index (χ0v) is 12.7. The minimum absolute atomic E-state index is 0.0872. The molecule has 4 heteroatoms. The Morgan fingerprint density at radius 2 is 1.95 bits per heavy atom. The summed E-state index contributed by atoms with van der Waals surface area (Å²) in [4.78, 5) is 18.3. The lowest BCUT2D eigenvalue weighted by molar-refractivity contribution is 0.0951. The Morgan fingerprint density at radius 3 is 2.57 bits per heavy atom. The molecule has 1 heterocycles. The predicted molar refractivity (Wildman–Crippen MR) is 85.6 cm³/mol. The van der Waals surface area contributed by atoms with Crippen molar-refractivity contribution in [3.63, 3.8) is 0 Å². The monoisotopic (exact) mass is 283 g/mol. The van der Waals surface area contributed by atoms with Crippen molar-refractivity contribution in [3.8, 4) is 0 Å². The van der Waals surface area contributed by atoms with Gasteiger partial charge in [0, 0.05) is 37.2 Å². The molecule has 0 saturated heterocycles. The molecule has 0 fully saturated rings. The molecule has 0 aliphatic carbocycles. The summed E-state index contributed by atoms with van der Waals surface area (Å²) in [6.07, 6.45) is 1.61. The molecule has 0 aliphatic rings. The third-order valence-corrected chi connectivity index (χ3v) is 3.56. The van der Waals surface area contributed by atoms with Gasteiger partial charge >= 0.3 is 0 Å². The Hall–Kier alpha value is -2.36. The molecule has 0 bridgehead atoms. The fraction of sp³-hybridized carbons (Fsp3) is 0.294. The number of aromatic nitrogens is 1. The largest absolute Gasteiger partial charge is 0.370 e. The molecule has 0 saturated carbocycles. The van der Waals surface area contributed by atoms with Gasteiger partial charge in [-0.1, -0.05) is 18.2 Å². The van der Waals surface area contributed by atoms with Crippen molar-refractivity contribution in [1.82, 2.24) is 10.3 Å². The first-order chi connectivity index (χ1) is 10.1. The molecule has 2 rings (SSSR count). The van der Waals surface area contributed by atoms with E-state index in [1.165, 1.54) is 0 Å². The van der Waals surface area contributed by atoms with E-state index in [0.29, 0.717) is 12.1 Å². The first kappa shape index (κ1) is 15.0. The molecule has 0 spiro atoms. The molecule has 0 radical (unpaired) electrons. The van der Waals surface area contributed by atoms with Gasteiger partial charge in [-0.3, -0.25) is 9.78 Å². The van der Waals surface area contributed by atoms with Gasteiger partial charge in [0.1, 0.15) is 0 Å². The molecule has 110 valence electrons. The number of rotatable bonds is 5. The Morgan fingerprint density at radius 1 is 1.24 bits per heavy atom. The highest BCUT2D eigenvalue weighted by Crippen LogP contribution is 2.13. The smallest absolute Gasteiger partial charge is 0.252 e. The third-order valence-electron chi connectivity index (χ3n) is 3.56. The number of carbonyl (C=O) groups is 1. The van der Waals surface area contributed by atoms with Gasteiger partial charge < -0.3 is 10.2 Å².